The summed E-state index contributed by atoms with van der Waals surface area (Å²) in [5.74, 6) is 0.334. The Morgan fingerprint density at radius 3 is 2.57 bits per heavy atom. The molecule has 0 amide bonds. The lowest BCUT2D eigenvalue weighted by Gasteiger charge is -2.15. The van der Waals surface area contributed by atoms with E-state index in [1.807, 2.05) is 13.8 Å². The molecule has 1 aromatic carbocycles. The van der Waals surface area contributed by atoms with Gasteiger partial charge in [-0.2, -0.15) is 0 Å². The van der Waals surface area contributed by atoms with Crippen molar-refractivity contribution in [3.8, 4) is 5.75 Å². The molecule has 4 heteroatoms. The second kappa shape index (κ2) is 4.64. The van der Waals surface area contributed by atoms with Crippen LogP contribution in [0.2, 0.25) is 0 Å². The van der Waals surface area contributed by atoms with Gasteiger partial charge >= 0.3 is 0 Å². The monoisotopic (exact) mass is 261 g/mol. The molecule has 0 aliphatic rings. The molecule has 1 aromatic rings. The third-order valence-corrected chi connectivity index (χ3v) is 2.25. The van der Waals surface area contributed by atoms with E-state index < -0.39 is 0 Å². The fourth-order valence-corrected chi connectivity index (χ4v) is 1.78. The Balaban J connectivity index is 3.11. The lowest BCUT2D eigenvalue weighted by Crippen LogP contribution is -2.11. The highest BCUT2D eigenvalue weighted by Crippen LogP contribution is 2.34. The van der Waals surface area contributed by atoms with E-state index in [1.165, 1.54) is 12.1 Å². The Hall–Kier alpha value is -0.770. The van der Waals surface area contributed by atoms with E-state index in [9.17, 15) is 4.39 Å². The van der Waals surface area contributed by atoms with E-state index in [4.69, 9.17) is 4.74 Å². The lowest BCUT2D eigenvalue weighted by molar-refractivity contribution is 0.412. The van der Waals surface area contributed by atoms with Crippen LogP contribution in [0.1, 0.15) is 13.8 Å². The van der Waals surface area contributed by atoms with Crippen molar-refractivity contribution in [3.63, 3.8) is 0 Å². The topological polar surface area (TPSA) is 21.3 Å². The largest absolute Gasteiger partial charge is 0.493 e. The van der Waals surface area contributed by atoms with E-state index >= 15 is 0 Å². The summed E-state index contributed by atoms with van der Waals surface area (Å²) in [5.41, 5.74) is 0.661. The summed E-state index contributed by atoms with van der Waals surface area (Å²) in [7, 11) is 1.56. The van der Waals surface area contributed by atoms with Crippen molar-refractivity contribution in [3.05, 3.63) is 22.4 Å². The molecule has 1 rings (SSSR count). The normalized spacial score (nSPS) is 10.4. The summed E-state index contributed by atoms with van der Waals surface area (Å²) in [6, 6.07) is 3.03. The van der Waals surface area contributed by atoms with E-state index in [0.717, 1.165) is 0 Å². The maximum Gasteiger partial charge on any atom is 0.156 e. The number of anilines is 1. The molecule has 14 heavy (non-hydrogen) atoms. The summed E-state index contributed by atoms with van der Waals surface area (Å²) in [6.07, 6.45) is 0. The quantitative estimate of drug-likeness (QED) is 0.901. The first-order chi connectivity index (χ1) is 6.54. The van der Waals surface area contributed by atoms with Gasteiger partial charge in [-0.25, -0.2) is 4.39 Å². The van der Waals surface area contributed by atoms with Gasteiger partial charge in [-0.3, -0.25) is 0 Å². The molecule has 0 unspecified atom stereocenters. The zero-order chi connectivity index (χ0) is 10.7. The number of methoxy groups -OCH3 is 1. The smallest absolute Gasteiger partial charge is 0.156 e. The van der Waals surface area contributed by atoms with Gasteiger partial charge in [0.2, 0.25) is 0 Å². The first-order valence-corrected chi connectivity index (χ1v) is 5.13. The predicted octanol–water partition coefficient (Wildman–Crippen LogP) is 3.42. The molecular weight excluding hydrogens is 249 g/mol. The van der Waals surface area contributed by atoms with Crippen LogP contribution in [0, 0.1) is 5.82 Å². The first-order valence-electron chi connectivity index (χ1n) is 4.34. The van der Waals surface area contributed by atoms with Gasteiger partial charge in [0.05, 0.1) is 17.3 Å². The van der Waals surface area contributed by atoms with Crippen molar-refractivity contribution in [1.29, 1.82) is 0 Å². The Bertz CT molecular complexity index is 328. The van der Waals surface area contributed by atoms with Crippen molar-refractivity contribution in [2.75, 3.05) is 12.4 Å². The van der Waals surface area contributed by atoms with E-state index in [0.29, 0.717) is 15.9 Å². The number of benzene rings is 1. The molecule has 78 valence electrons. The van der Waals surface area contributed by atoms with Gasteiger partial charge in [-0.1, -0.05) is 0 Å². The minimum atomic E-state index is -0.291. The highest BCUT2D eigenvalue weighted by molar-refractivity contribution is 9.10. The molecule has 0 fully saturated rings. The fraction of sp³-hybridized carbons (Fsp3) is 0.400. The van der Waals surface area contributed by atoms with Crippen LogP contribution in [0.15, 0.2) is 16.6 Å². The molecule has 0 aliphatic carbocycles. The average molecular weight is 262 g/mol. The second-order valence-electron chi connectivity index (χ2n) is 3.27. The zero-order valence-corrected chi connectivity index (χ0v) is 9.98. The summed E-state index contributed by atoms with van der Waals surface area (Å²) in [6.45, 7) is 3.97. The standard InChI is InChI=1S/C10H13BrFNO/c1-6(2)13-9-5-7(12)4-8(11)10(9)14-3/h4-6,13H,1-3H3. The summed E-state index contributed by atoms with van der Waals surface area (Å²) in [4.78, 5) is 0. The Labute approximate surface area is 91.6 Å². The fourth-order valence-electron chi connectivity index (χ4n) is 1.19. The van der Waals surface area contributed by atoms with Crippen LogP contribution in [0.3, 0.4) is 0 Å². The SMILES string of the molecule is COc1c(Br)cc(F)cc1NC(C)C. The number of rotatable bonds is 3. The van der Waals surface area contributed by atoms with Crippen LogP contribution in [0.4, 0.5) is 10.1 Å². The van der Waals surface area contributed by atoms with Crippen LogP contribution in [0.5, 0.6) is 5.75 Å². The average Bonchev–Trinajstić information content (AvgIpc) is 2.01. The van der Waals surface area contributed by atoms with Crippen molar-refractivity contribution in [2.45, 2.75) is 19.9 Å². The first kappa shape index (κ1) is 11.3. The van der Waals surface area contributed by atoms with Crippen molar-refractivity contribution >= 4 is 21.6 Å². The zero-order valence-electron chi connectivity index (χ0n) is 8.40. The van der Waals surface area contributed by atoms with Gasteiger partial charge < -0.3 is 10.1 Å². The molecule has 1 N–H and O–H groups in total. The maximum absolute atomic E-state index is 13.1. The van der Waals surface area contributed by atoms with Crippen molar-refractivity contribution in [1.82, 2.24) is 0 Å². The van der Waals surface area contributed by atoms with Gasteiger partial charge in [-0.05, 0) is 35.8 Å². The van der Waals surface area contributed by atoms with Gasteiger partial charge in [-0.15, -0.1) is 0 Å². The number of hydrogen-bond acceptors (Lipinski definition) is 2. The third-order valence-electron chi connectivity index (χ3n) is 1.66. The minimum absolute atomic E-state index is 0.234. The van der Waals surface area contributed by atoms with Crippen LogP contribution in [-0.4, -0.2) is 13.2 Å². The predicted molar refractivity (Wildman–Crippen MR) is 59.4 cm³/mol. The van der Waals surface area contributed by atoms with Gasteiger partial charge in [0.25, 0.3) is 0 Å². The lowest BCUT2D eigenvalue weighted by atomic mass is 10.2. The summed E-state index contributed by atoms with van der Waals surface area (Å²) < 4.78 is 18.8. The highest BCUT2D eigenvalue weighted by atomic mass is 79.9. The van der Waals surface area contributed by atoms with Gasteiger partial charge in [0.1, 0.15) is 5.82 Å². The Morgan fingerprint density at radius 1 is 1.43 bits per heavy atom. The minimum Gasteiger partial charge on any atom is -0.493 e. The second-order valence-corrected chi connectivity index (χ2v) is 4.12. The Kier molecular flexibility index (Phi) is 3.75. The summed E-state index contributed by atoms with van der Waals surface area (Å²) >= 11 is 3.24. The molecule has 0 aromatic heterocycles. The van der Waals surface area contributed by atoms with E-state index in [2.05, 4.69) is 21.2 Å². The van der Waals surface area contributed by atoms with E-state index in [-0.39, 0.29) is 11.9 Å². The Morgan fingerprint density at radius 2 is 2.07 bits per heavy atom. The molecule has 2 nitrogen and oxygen atoms in total. The number of nitrogens with one attached hydrogen (secondary N) is 1. The summed E-state index contributed by atoms with van der Waals surface area (Å²) in [5, 5.41) is 3.11. The highest BCUT2D eigenvalue weighted by Gasteiger charge is 2.10. The molecule has 0 aliphatic heterocycles. The molecule has 0 spiro atoms. The number of hydrogen-bond donors (Lipinski definition) is 1. The van der Waals surface area contributed by atoms with Crippen LogP contribution in [-0.2, 0) is 0 Å². The van der Waals surface area contributed by atoms with Crippen molar-refractivity contribution in [2.24, 2.45) is 0 Å². The molecule has 0 saturated carbocycles. The van der Waals surface area contributed by atoms with Gasteiger partial charge in [0, 0.05) is 12.1 Å². The molecule has 0 bridgehead atoms. The molecule has 0 atom stereocenters. The number of halogens is 2. The van der Waals surface area contributed by atoms with Crippen LogP contribution >= 0.6 is 15.9 Å². The number of ether oxygens (including phenoxy) is 1. The third kappa shape index (κ3) is 2.61. The molecule has 0 saturated heterocycles. The van der Waals surface area contributed by atoms with Crippen molar-refractivity contribution < 1.29 is 9.13 Å². The van der Waals surface area contributed by atoms with Crippen LogP contribution in [0.25, 0.3) is 0 Å². The molecular formula is C10H13BrFNO. The maximum atomic E-state index is 13.1. The molecule has 0 radical (unpaired) electrons. The van der Waals surface area contributed by atoms with E-state index in [1.54, 1.807) is 7.11 Å². The molecule has 0 heterocycles. The van der Waals surface area contributed by atoms with Gasteiger partial charge in [0.15, 0.2) is 5.75 Å². The van der Waals surface area contributed by atoms with Crippen LogP contribution < -0.4 is 10.1 Å².